The third-order valence-corrected chi connectivity index (χ3v) is 4.25. The van der Waals surface area contributed by atoms with E-state index in [0.717, 1.165) is 32.2 Å². The number of hydrogen-bond donors (Lipinski definition) is 1. The van der Waals surface area contributed by atoms with Crippen LogP contribution in [0.5, 0.6) is 0 Å². The average molecular weight is 260 g/mol. The van der Waals surface area contributed by atoms with Crippen molar-refractivity contribution in [2.75, 3.05) is 13.1 Å². The van der Waals surface area contributed by atoms with Gasteiger partial charge in [0.2, 0.25) is 0 Å². The molecule has 1 aromatic rings. The molecule has 0 bridgehead atoms. The Hall–Kier alpha value is -0.860. The first-order valence-corrected chi connectivity index (χ1v) is 7.83. The van der Waals surface area contributed by atoms with Crippen LogP contribution in [0.4, 0.5) is 0 Å². The molecule has 0 aliphatic carbocycles. The van der Waals surface area contributed by atoms with Crippen molar-refractivity contribution in [2.45, 2.75) is 59.2 Å². The summed E-state index contributed by atoms with van der Waals surface area (Å²) in [5.41, 5.74) is 4.55. The van der Waals surface area contributed by atoms with E-state index in [1.165, 1.54) is 30.4 Å². The lowest BCUT2D eigenvalue weighted by molar-refractivity contribution is 0.176. The number of fused-ring (bicyclic) bond motifs is 1. The molecule has 1 aliphatic rings. The molecule has 0 fully saturated rings. The average Bonchev–Trinajstić information content (AvgIpc) is 2.46. The minimum absolute atomic E-state index is 0.733. The Morgan fingerprint density at radius 2 is 2.05 bits per heavy atom. The predicted octanol–water partition coefficient (Wildman–Crippen LogP) is 3.34. The number of hydrogen-bond acceptors (Lipinski definition) is 2. The molecule has 0 saturated heterocycles. The van der Waals surface area contributed by atoms with Crippen LogP contribution >= 0.6 is 0 Å². The SMILES string of the molecule is CCCNCc1ccc2c(c1)CC(CC)N(CC)C2. The van der Waals surface area contributed by atoms with Gasteiger partial charge in [-0.15, -0.1) is 0 Å². The summed E-state index contributed by atoms with van der Waals surface area (Å²) in [6.45, 7) is 11.2. The summed E-state index contributed by atoms with van der Waals surface area (Å²) in [5.74, 6) is 0. The molecule has 1 aliphatic heterocycles. The number of rotatable bonds is 6. The molecule has 1 heterocycles. The topological polar surface area (TPSA) is 15.3 Å². The minimum Gasteiger partial charge on any atom is -0.313 e. The zero-order valence-electron chi connectivity index (χ0n) is 12.7. The molecule has 1 aromatic carbocycles. The van der Waals surface area contributed by atoms with Crippen LogP contribution in [0, 0.1) is 0 Å². The molecule has 19 heavy (non-hydrogen) atoms. The van der Waals surface area contributed by atoms with Crippen LogP contribution in [0.2, 0.25) is 0 Å². The van der Waals surface area contributed by atoms with Gasteiger partial charge in [0.1, 0.15) is 0 Å². The van der Waals surface area contributed by atoms with Crippen LogP contribution in [0.25, 0.3) is 0 Å². The van der Waals surface area contributed by atoms with Crippen molar-refractivity contribution in [1.82, 2.24) is 10.2 Å². The Morgan fingerprint density at radius 3 is 2.74 bits per heavy atom. The molecule has 2 nitrogen and oxygen atoms in total. The standard InChI is InChI=1S/C17H28N2/c1-4-9-18-12-14-7-8-15-13-19(6-3)17(5-2)11-16(15)10-14/h7-8,10,17-18H,4-6,9,11-13H2,1-3H3. The van der Waals surface area contributed by atoms with Gasteiger partial charge in [0.25, 0.3) is 0 Å². The Balaban J connectivity index is 2.08. The van der Waals surface area contributed by atoms with E-state index in [4.69, 9.17) is 0 Å². The molecule has 0 saturated carbocycles. The van der Waals surface area contributed by atoms with E-state index in [2.05, 4.69) is 49.2 Å². The van der Waals surface area contributed by atoms with Gasteiger partial charge in [0.15, 0.2) is 0 Å². The Labute approximate surface area is 118 Å². The highest BCUT2D eigenvalue weighted by Crippen LogP contribution is 2.25. The molecule has 1 N–H and O–H groups in total. The Morgan fingerprint density at radius 1 is 1.21 bits per heavy atom. The Bertz CT molecular complexity index is 400. The van der Waals surface area contributed by atoms with E-state index >= 15 is 0 Å². The predicted molar refractivity (Wildman–Crippen MR) is 82.3 cm³/mol. The maximum Gasteiger partial charge on any atom is 0.0239 e. The smallest absolute Gasteiger partial charge is 0.0239 e. The van der Waals surface area contributed by atoms with Crippen molar-refractivity contribution in [3.8, 4) is 0 Å². The van der Waals surface area contributed by atoms with Crippen LogP contribution in [-0.2, 0) is 19.5 Å². The first kappa shape index (κ1) is 14.5. The maximum absolute atomic E-state index is 3.49. The van der Waals surface area contributed by atoms with Crippen LogP contribution < -0.4 is 5.32 Å². The molecule has 1 atom stereocenters. The van der Waals surface area contributed by atoms with E-state index in [1.807, 2.05) is 0 Å². The van der Waals surface area contributed by atoms with Crippen LogP contribution in [0.15, 0.2) is 18.2 Å². The fourth-order valence-corrected chi connectivity index (χ4v) is 3.05. The van der Waals surface area contributed by atoms with E-state index in [1.54, 1.807) is 5.56 Å². The number of nitrogens with zero attached hydrogens (tertiary/aromatic N) is 1. The summed E-state index contributed by atoms with van der Waals surface area (Å²) in [5, 5.41) is 3.49. The normalized spacial score (nSPS) is 19.4. The number of nitrogens with one attached hydrogen (secondary N) is 1. The molecule has 0 amide bonds. The van der Waals surface area contributed by atoms with E-state index in [0.29, 0.717) is 0 Å². The molecule has 1 unspecified atom stereocenters. The van der Waals surface area contributed by atoms with Crippen molar-refractivity contribution in [2.24, 2.45) is 0 Å². The summed E-state index contributed by atoms with van der Waals surface area (Å²) in [6, 6.07) is 7.79. The van der Waals surface area contributed by atoms with Crippen LogP contribution in [0.3, 0.4) is 0 Å². The van der Waals surface area contributed by atoms with Crippen molar-refractivity contribution < 1.29 is 0 Å². The zero-order valence-corrected chi connectivity index (χ0v) is 12.7. The molecular formula is C17H28N2. The van der Waals surface area contributed by atoms with E-state index < -0.39 is 0 Å². The zero-order chi connectivity index (χ0) is 13.7. The summed E-state index contributed by atoms with van der Waals surface area (Å²) >= 11 is 0. The molecule has 0 spiro atoms. The van der Waals surface area contributed by atoms with Crippen molar-refractivity contribution in [1.29, 1.82) is 0 Å². The first-order valence-electron chi connectivity index (χ1n) is 7.83. The highest BCUT2D eigenvalue weighted by molar-refractivity contribution is 5.34. The summed E-state index contributed by atoms with van der Waals surface area (Å²) < 4.78 is 0. The second-order valence-electron chi connectivity index (χ2n) is 5.61. The van der Waals surface area contributed by atoms with Gasteiger partial charge in [-0.2, -0.15) is 0 Å². The minimum atomic E-state index is 0.733. The van der Waals surface area contributed by atoms with Crippen molar-refractivity contribution in [3.63, 3.8) is 0 Å². The lowest BCUT2D eigenvalue weighted by Crippen LogP contribution is -2.39. The van der Waals surface area contributed by atoms with Gasteiger partial charge in [-0.3, -0.25) is 4.90 Å². The van der Waals surface area contributed by atoms with Gasteiger partial charge in [0.05, 0.1) is 0 Å². The summed E-state index contributed by atoms with van der Waals surface area (Å²) in [6.07, 6.45) is 3.68. The molecule has 2 rings (SSSR count). The molecule has 106 valence electrons. The second kappa shape index (κ2) is 7.06. The Kier molecular flexibility index (Phi) is 5.41. The summed E-state index contributed by atoms with van der Waals surface area (Å²) in [4.78, 5) is 2.61. The van der Waals surface area contributed by atoms with Crippen LogP contribution in [0.1, 0.15) is 50.3 Å². The van der Waals surface area contributed by atoms with E-state index in [9.17, 15) is 0 Å². The summed E-state index contributed by atoms with van der Waals surface area (Å²) in [7, 11) is 0. The fraction of sp³-hybridized carbons (Fsp3) is 0.647. The third kappa shape index (κ3) is 3.58. The van der Waals surface area contributed by atoms with Crippen LogP contribution in [-0.4, -0.2) is 24.0 Å². The highest BCUT2D eigenvalue weighted by atomic mass is 15.2. The quantitative estimate of drug-likeness (QED) is 0.789. The van der Waals surface area contributed by atoms with Crippen molar-refractivity contribution in [3.05, 3.63) is 34.9 Å². The number of likely N-dealkylation sites (N-methyl/N-ethyl adjacent to an activating group) is 1. The maximum atomic E-state index is 3.49. The van der Waals surface area contributed by atoms with Gasteiger partial charge in [-0.1, -0.05) is 39.0 Å². The van der Waals surface area contributed by atoms with Gasteiger partial charge in [-0.25, -0.2) is 0 Å². The molecular weight excluding hydrogens is 232 g/mol. The lowest BCUT2D eigenvalue weighted by atomic mass is 9.91. The number of benzene rings is 1. The van der Waals surface area contributed by atoms with Gasteiger partial charge < -0.3 is 5.32 Å². The first-order chi connectivity index (χ1) is 9.28. The monoisotopic (exact) mass is 260 g/mol. The molecule has 0 radical (unpaired) electrons. The van der Waals surface area contributed by atoms with Gasteiger partial charge in [0, 0.05) is 19.1 Å². The fourth-order valence-electron chi connectivity index (χ4n) is 3.05. The van der Waals surface area contributed by atoms with Gasteiger partial charge in [-0.05, 0) is 49.0 Å². The second-order valence-corrected chi connectivity index (χ2v) is 5.61. The van der Waals surface area contributed by atoms with E-state index in [-0.39, 0.29) is 0 Å². The largest absolute Gasteiger partial charge is 0.313 e. The molecule has 2 heteroatoms. The highest BCUT2D eigenvalue weighted by Gasteiger charge is 2.23. The van der Waals surface area contributed by atoms with Gasteiger partial charge >= 0.3 is 0 Å². The molecule has 0 aromatic heterocycles. The lowest BCUT2D eigenvalue weighted by Gasteiger charge is -2.36. The third-order valence-electron chi connectivity index (χ3n) is 4.25. The van der Waals surface area contributed by atoms with Crippen molar-refractivity contribution >= 4 is 0 Å².